The van der Waals surface area contributed by atoms with Crippen LogP contribution in [0.5, 0.6) is 0 Å². The van der Waals surface area contributed by atoms with Crippen molar-refractivity contribution in [1.29, 1.82) is 0 Å². The summed E-state index contributed by atoms with van der Waals surface area (Å²) in [6.45, 7) is 3.74. The number of hydrogen-bond donors (Lipinski definition) is 0. The molecule has 0 spiro atoms. The summed E-state index contributed by atoms with van der Waals surface area (Å²) < 4.78 is 16.4. The second-order valence-electron chi connectivity index (χ2n) is 7.70. The maximum absolute atomic E-state index is 12.5. The van der Waals surface area contributed by atoms with E-state index in [-0.39, 0.29) is 29.9 Å². The first-order valence-electron chi connectivity index (χ1n) is 10.7. The smallest absolute Gasteiger partial charge is 0.309 e. The van der Waals surface area contributed by atoms with Gasteiger partial charge in [-0.25, -0.2) is 0 Å². The molecule has 0 aromatic heterocycles. The maximum Gasteiger partial charge on any atom is 0.309 e. The lowest BCUT2D eigenvalue weighted by molar-refractivity contribution is -0.164. The minimum Gasteiger partial charge on any atom is -0.465 e. The predicted octanol–water partition coefficient (Wildman–Crippen LogP) is 4.42. The lowest BCUT2D eigenvalue weighted by atomic mass is 9.79. The van der Waals surface area contributed by atoms with E-state index >= 15 is 0 Å². The number of rotatable bonds is 11. The summed E-state index contributed by atoms with van der Waals surface area (Å²) in [5.41, 5.74) is 0. The van der Waals surface area contributed by atoms with Crippen LogP contribution in [0.1, 0.15) is 84.0 Å². The molecule has 1 saturated heterocycles. The van der Waals surface area contributed by atoms with Crippen molar-refractivity contribution in [3.63, 3.8) is 0 Å². The molecule has 5 heteroatoms. The molecule has 26 heavy (non-hydrogen) atoms. The monoisotopic (exact) mass is 368 g/mol. The minimum absolute atomic E-state index is 0.0284. The van der Waals surface area contributed by atoms with Gasteiger partial charge in [0.25, 0.3) is 0 Å². The molecule has 150 valence electrons. The third kappa shape index (κ3) is 7.26. The van der Waals surface area contributed by atoms with Gasteiger partial charge in [-0.1, -0.05) is 51.9 Å². The molecule has 0 aromatic carbocycles. The van der Waals surface area contributed by atoms with Crippen LogP contribution in [0.25, 0.3) is 0 Å². The van der Waals surface area contributed by atoms with Crippen molar-refractivity contribution in [1.82, 2.24) is 0 Å². The summed E-state index contributed by atoms with van der Waals surface area (Å²) in [5, 5.41) is 0. The number of carbonyl (C=O) groups excluding carboxylic acids is 2. The topological polar surface area (TPSA) is 61.8 Å². The summed E-state index contributed by atoms with van der Waals surface area (Å²) in [6, 6.07) is 0. The highest BCUT2D eigenvalue weighted by atomic mass is 16.6. The van der Waals surface area contributed by atoms with Crippen LogP contribution in [0.2, 0.25) is 0 Å². The molecule has 0 aromatic rings. The Morgan fingerprint density at radius 3 is 2.15 bits per heavy atom. The Kier molecular flexibility index (Phi) is 10.0. The van der Waals surface area contributed by atoms with Crippen molar-refractivity contribution >= 4 is 11.9 Å². The first kappa shape index (κ1) is 21.2. The van der Waals surface area contributed by atoms with E-state index in [0.29, 0.717) is 13.2 Å². The Bertz CT molecular complexity index is 417. The van der Waals surface area contributed by atoms with E-state index in [1.807, 2.05) is 0 Å². The predicted molar refractivity (Wildman–Crippen MR) is 99.7 cm³/mol. The van der Waals surface area contributed by atoms with Gasteiger partial charge in [-0.05, 0) is 32.1 Å². The van der Waals surface area contributed by atoms with E-state index in [2.05, 4.69) is 6.92 Å². The van der Waals surface area contributed by atoms with Gasteiger partial charge in [0.05, 0.1) is 24.5 Å². The second-order valence-corrected chi connectivity index (χ2v) is 7.70. The van der Waals surface area contributed by atoms with Crippen LogP contribution in [0.4, 0.5) is 0 Å². The Labute approximate surface area is 158 Å². The van der Waals surface area contributed by atoms with E-state index in [0.717, 1.165) is 58.0 Å². The summed E-state index contributed by atoms with van der Waals surface area (Å²) in [5.74, 6) is -1.14. The average Bonchev–Trinajstić information content (AvgIpc) is 3.19. The Balaban J connectivity index is 1.68. The van der Waals surface area contributed by atoms with Gasteiger partial charge in [0.15, 0.2) is 0 Å². The lowest BCUT2D eigenvalue weighted by Gasteiger charge is -2.28. The summed E-state index contributed by atoms with van der Waals surface area (Å²) >= 11 is 0. The minimum atomic E-state index is -0.345. The molecule has 0 amide bonds. The second kappa shape index (κ2) is 12.3. The zero-order chi connectivity index (χ0) is 18.6. The Morgan fingerprint density at radius 2 is 1.50 bits per heavy atom. The SMILES string of the molecule is CCCCCCCCOC(=O)C1CCCCC1C(=O)OCC1CCCO1. The van der Waals surface area contributed by atoms with Crippen LogP contribution in [0.3, 0.4) is 0 Å². The van der Waals surface area contributed by atoms with E-state index in [4.69, 9.17) is 14.2 Å². The standard InChI is InChI=1S/C21H36O5/c1-2-3-4-5-6-9-14-25-20(22)18-12-7-8-13-19(18)21(23)26-16-17-11-10-15-24-17/h17-19H,2-16H2,1H3. The van der Waals surface area contributed by atoms with Gasteiger partial charge in [-0.15, -0.1) is 0 Å². The van der Waals surface area contributed by atoms with Gasteiger partial charge >= 0.3 is 11.9 Å². The van der Waals surface area contributed by atoms with Crippen LogP contribution in [0, 0.1) is 11.8 Å². The van der Waals surface area contributed by atoms with Crippen LogP contribution < -0.4 is 0 Å². The van der Waals surface area contributed by atoms with Crippen molar-refractivity contribution in [3.8, 4) is 0 Å². The molecule has 2 rings (SSSR count). The van der Waals surface area contributed by atoms with Crippen LogP contribution >= 0.6 is 0 Å². The van der Waals surface area contributed by atoms with Gasteiger partial charge in [-0.3, -0.25) is 9.59 Å². The molecular weight excluding hydrogens is 332 g/mol. The fraction of sp³-hybridized carbons (Fsp3) is 0.905. The number of unbranched alkanes of at least 4 members (excludes halogenated alkanes) is 5. The van der Waals surface area contributed by atoms with Gasteiger partial charge in [-0.2, -0.15) is 0 Å². The molecule has 1 saturated carbocycles. The van der Waals surface area contributed by atoms with Crippen molar-refractivity contribution in [2.45, 2.75) is 90.1 Å². The van der Waals surface area contributed by atoms with Crippen molar-refractivity contribution in [3.05, 3.63) is 0 Å². The first-order valence-corrected chi connectivity index (χ1v) is 10.7. The maximum atomic E-state index is 12.5. The van der Waals surface area contributed by atoms with Gasteiger partial charge < -0.3 is 14.2 Å². The highest BCUT2D eigenvalue weighted by molar-refractivity contribution is 5.82. The lowest BCUT2D eigenvalue weighted by Crippen LogP contribution is -2.36. The van der Waals surface area contributed by atoms with Crippen LogP contribution in [-0.4, -0.2) is 37.9 Å². The highest BCUT2D eigenvalue weighted by Gasteiger charge is 2.38. The summed E-state index contributed by atoms with van der Waals surface area (Å²) in [4.78, 5) is 24.9. The van der Waals surface area contributed by atoms with Crippen molar-refractivity contribution in [2.24, 2.45) is 11.8 Å². The van der Waals surface area contributed by atoms with E-state index in [1.165, 1.54) is 25.7 Å². The summed E-state index contributed by atoms with van der Waals surface area (Å²) in [6.07, 6.45) is 12.4. The number of esters is 2. The van der Waals surface area contributed by atoms with Gasteiger partial charge in [0.2, 0.25) is 0 Å². The van der Waals surface area contributed by atoms with Gasteiger partial charge in [0.1, 0.15) is 6.61 Å². The molecular formula is C21H36O5. The number of carbonyl (C=O) groups is 2. The Morgan fingerprint density at radius 1 is 0.846 bits per heavy atom. The van der Waals surface area contributed by atoms with Crippen molar-refractivity contribution in [2.75, 3.05) is 19.8 Å². The molecule has 0 bridgehead atoms. The molecule has 1 aliphatic heterocycles. The molecule has 0 radical (unpaired) electrons. The number of ether oxygens (including phenoxy) is 3. The molecule has 3 atom stereocenters. The fourth-order valence-corrected chi connectivity index (χ4v) is 3.92. The molecule has 3 unspecified atom stereocenters. The van der Waals surface area contributed by atoms with E-state index < -0.39 is 0 Å². The van der Waals surface area contributed by atoms with E-state index in [1.54, 1.807) is 0 Å². The van der Waals surface area contributed by atoms with Gasteiger partial charge in [0, 0.05) is 6.61 Å². The first-order chi connectivity index (χ1) is 12.7. The van der Waals surface area contributed by atoms with Crippen LogP contribution in [0.15, 0.2) is 0 Å². The quantitative estimate of drug-likeness (QED) is 0.399. The third-order valence-corrected chi connectivity index (χ3v) is 5.55. The average molecular weight is 369 g/mol. The molecule has 1 heterocycles. The molecule has 2 fully saturated rings. The molecule has 5 nitrogen and oxygen atoms in total. The zero-order valence-electron chi connectivity index (χ0n) is 16.4. The van der Waals surface area contributed by atoms with Crippen LogP contribution in [-0.2, 0) is 23.8 Å². The largest absolute Gasteiger partial charge is 0.465 e. The fourth-order valence-electron chi connectivity index (χ4n) is 3.92. The zero-order valence-corrected chi connectivity index (χ0v) is 16.4. The highest BCUT2D eigenvalue weighted by Crippen LogP contribution is 2.32. The third-order valence-electron chi connectivity index (χ3n) is 5.55. The molecule has 1 aliphatic carbocycles. The normalized spacial score (nSPS) is 25.8. The molecule has 0 N–H and O–H groups in total. The summed E-state index contributed by atoms with van der Waals surface area (Å²) in [7, 11) is 0. The Hall–Kier alpha value is -1.10. The molecule has 2 aliphatic rings. The number of hydrogen-bond acceptors (Lipinski definition) is 5. The van der Waals surface area contributed by atoms with E-state index in [9.17, 15) is 9.59 Å². The van der Waals surface area contributed by atoms with Crippen molar-refractivity contribution < 1.29 is 23.8 Å².